The molecule has 0 saturated heterocycles. The van der Waals surface area contributed by atoms with Crippen molar-refractivity contribution in [3.63, 3.8) is 0 Å². The monoisotopic (exact) mass is 320 g/mol. The third-order valence-corrected chi connectivity index (χ3v) is 3.53. The van der Waals surface area contributed by atoms with Crippen molar-refractivity contribution in [1.82, 2.24) is 9.78 Å². The molecule has 1 heterocycles. The van der Waals surface area contributed by atoms with Gasteiger partial charge in [0, 0.05) is 18.0 Å². The van der Waals surface area contributed by atoms with Crippen LogP contribution in [-0.2, 0) is 23.2 Å². The van der Waals surface area contributed by atoms with Crippen molar-refractivity contribution in [3.05, 3.63) is 28.9 Å². The normalized spacial score (nSPS) is 12.0. The Labute approximate surface area is 133 Å². The zero-order chi connectivity index (χ0) is 16.1. The van der Waals surface area contributed by atoms with Crippen LogP contribution in [0.3, 0.4) is 0 Å². The summed E-state index contributed by atoms with van der Waals surface area (Å²) in [4.78, 5) is 10.8. The Hall–Kier alpha value is -2.03. The van der Waals surface area contributed by atoms with Gasteiger partial charge in [-0.25, -0.2) is 0 Å². The summed E-state index contributed by atoms with van der Waals surface area (Å²) in [6.45, 7) is 2.32. The summed E-state index contributed by atoms with van der Waals surface area (Å²) in [7, 11) is 1.83. The quantitative estimate of drug-likeness (QED) is 0.831. The zero-order valence-electron chi connectivity index (χ0n) is 12.5. The predicted molar refractivity (Wildman–Crippen MR) is 84.6 cm³/mol. The highest BCUT2D eigenvalue weighted by molar-refractivity contribution is 6.34. The molecule has 0 aliphatic rings. The van der Waals surface area contributed by atoms with Gasteiger partial charge in [-0.3, -0.25) is 9.48 Å². The lowest BCUT2D eigenvalue weighted by Gasteiger charge is -2.10. The van der Waals surface area contributed by atoms with Gasteiger partial charge in [0.1, 0.15) is 0 Å². The van der Waals surface area contributed by atoms with E-state index >= 15 is 0 Å². The van der Waals surface area contributed by atoms with Crippen LogP contribution in [0.4, 0.5) is 0 Å². The molecular formula is C16H17ClN2O3. The zero-order valence-corrected chi connectivity index (χ0v) is 13.2. The Kier molecular flexibility index (Phi) is 5.42. The summed E-state index contributed by atoms with van der Waals surface area (Å²) in [5.74, 6) is 4.41. The summed E-state index contributed by atoms with van der Waals surface area (Å²) in [6, 6.07) is 5.75. The molecule has 1 atom stereocenters. The number of rotatable bonds is 6. The standard InChI is InChI=1S/C16H17ClN2O3/c1-3-5-11(8-14(20)21)9-22-10-12-6-4-7-13-15(12)19(2)18-16(13)17/h4,6-7,11H,8-10H2,1-2H3,(H,20,21)/t11-/m1/s1. The minimum atomic E-state index is -0.878. The number of carboxylic acids is 1. The largest absolute Gasteiger partial charge is 0.481 e. The lowest BCUT2D eigenvalue weighted by atomic mass is 10.1. The van der Waals surface area contributed by atoms with Crippen LogP contribution in [0.5, 0.6) is 0 Å². The molecular weight excluding hydrogens is 304 g/mol. The fraction of sp³-hybridized carbons (Fsp3) is 0.375. The Bertz CT molecular complexity index is 743. The smallest absolute Gasteiger partial charge is 0.304 e. The van der Waals surface area contributed by atoms with Gasteiger partial charge >= 0.3 is 5.97 Å². The first kappa shape index (κ1) is 16.3. The Morgan fingerprint density at radius 3 is 3.00 bits per heavy atom. The lowest BCUT2D eigenvalue weighted by Crippen LogP contribution is -2.13. The summed E-state index contributed by atoms with van der Waals surface area (Å²) in [5, 5.41) is 14.4. The van der Waals surface area contributed by atoms with Crippen molar-refractivity contribution >= 4 is 28.5 Å². The van der Waals surface area contributed by atoms with Gasteiger partial charge in [0.15, 0.2) is 5.15 Å². The molecule has 1 aromatic heterocycles. The van der Waals surface area contributed by atoms with E-state index < -0.39 is 5.97 Å². The topological polar surface area (TPSA) is 64.4 Å². The number of ether oxygens (including phenoxy) is 1. The van der Waals surface area contributed by atoms with Gasteiger partial charge in [-0.1, -0.05) is 29.7 Å². The maximum absolute atomic E-state index is 10.8. The molecule has 6 heteroatoms. The van der Waals surface area contributed by atoms with Crippen molar-refractivity contribution in [3.8, 4) is 11.8 Å². The van der Waals surface area contributed by atoms with E-state index in [4.69, 9.17) is 21.4 Å². The van der Waals surface area contributed by atoms with Crippen LogP contribution in [0.1, 0.15) is 18.9 Å². The molecule has 1 N–H and O–H groups in total. The van der Waals surface area contributed by atoms with Crippen molar-refractivity contribution in [2.24, 2.45) is 13.0 Å². The van der Waals surface area contributed by atoms with E-state index in [1.807, 2.05) is 25.2 Å². The molecule has 0 saturated carbocycles. The van der Waals surface area contributed by atoms with Gasteiger partial charge in [-0.2, -0.15) is 5.10 Å². The van der Waals surface area contributed by atoms with Gasteiger partial charge < -0.3 is 9.84 Å². The number of nitrogens with zero attached hydrogens (tertiary/aromatic N) is 2. The molecule has 116 valence electrons. The van der Waals surface area contributed by atoms with E-state index in [0.29, 0.717) is 11.8 Å². The maximum Gasteiger partial charge on any atom is 0.304 e. The van der Waals surface area contributed by atoms with Crippen LogP contribution in [-0.4, -0.2) is 27.5 Å². The predicted octanol–water partition coefficient (Wildman–Crippen LogP) is 2.86. The molecule has 0 aliphatic heterocycles. The second-order valence-electron chi connectivity index (χ2n) is 4.93. The van der Waals surface area contributed by atoms with Crippen LogP contribution >= 0.6 is 11.6 Å². The minimum absolute atomic E-state index is 0.0252. The molecule has 0 radical (unpaired) electrons. The van der Waals surface area contributed by atoms with Gasteiger partial charge in [-0.15, -0.1) is 5.92 Å². The number of fused-ring (bicyclic) bond motifs is 1. The molecule has 2 rings (SSSR count). The highest BCUT2D eigenvalue weighted by Gasteiger charge is 2.13. The van der Waals surface area contributed by atoms with Crippen LogP contribution < -0.4 is 0 Å². The number of aryl methyl sites for hydroxylation is 1. The number of halogens is 1. The number of carboxylic acid groups (broad SMARTS) is 1. The average molecular weight is 321 g/mol. The molecule has 0 amide bonds. The summed E-state index contributed by atoms with van der Waals surface area (Å²) in [6.07, 6.45) is -0.0252. The van der Waals surface area contributed by atoms with Crippen molar-refractivity contribution in [2.45, 2.75) is 20.0 Å². The maximum atomic E-state index is 10.8. The summed E-state index contributed by atoms with van der Waals surface area (Å²) >= 11 is 6.08. The SMILES string of the molecule is CC#C[C@@H](COCc1cccc2c(Cl)nn(C)c12)CC(=O)O. The van der Waals surface area contributed by atoms with Gasteiger partial charge in [0.25, 0.3) is 0 Å². The van der Waals surface area contributed by atoms with Crippen molar-refractivity contribution in [1.29, 1.82) is 0 Å². The van der Waals surface area contributed by atoms with Crippen LogP contribution in [0.2, 0.25) is 5.15 Å². The number of hydrogen-bond donors (Lipinski definition) is 1. The van der Waals surface area contributed by atoms with Crippen LogP contribution in [0.15, 0.2) is 18.2 Å². The van der Waals surface area contributed by atoms with E-state index in [9.17, 15) is 4.79 Å². The number of aliphatic carboxylic acids is 1. The first-order valence-corrected chi connectivity index (χ1v) is 7.22. The average Bonchev–Trinajstić information content (AvgIpc) is 2.74. The molecule has 0 bridgehead atoms. The van der Waals surface area contributed by atoms with E-state index in [1.165, 1.54) is 0 Å². The van der Waals surface area contributed by atoms with E-state index in [1.54, 1.807) is 11.6 Å². The van der Waals surface area contributed by atoms with Crippen LogP contribution in [0.25, 0.3) is 10.9 Å². The number of hydrogen-bond acceptors (Lipinski definition) is 3. The van der Waals surface area contributed by atoms with E-state index in [-0.39, 0.29) is 18.9 Å². The molecule has 1 aromatic carbocycles. The molecule has 2 aromatic rings. The molecule has 0 fully saturated rings. The van der Waals surface area contributed by atoms with Crippen LogP contribution in [0, 0.1) is 17.8 Å². The number of carbonyl (C=O) groups is 1. The summed E-state index contributed by atoms with van der Waals surface area (Å²) in [5.41, 5.74) is 1.88. The van der Waals surface area contributed by atoms with Gasteiger partial charge in [0.05, 0.1) is 31.1 Å². The summed E-state index contributed by atoms with van der Waals surface area (Å²) < 4.78 is 7.38. The Balaban J connectivity index is 2.08. The number of aromatic nitrogens is 2. The molecule has 0 unspecified atom stereocenters. The molecule has 0 spiro atoms. The number of para-hydroxylation sites is 1. The Morgan fingerprint density at radius 2 is 2.32 bits per heavy atom. The second kappa shape index (κ2) is 7.30. The Morgan fingerprint density at radius 1 is 1.55 bits per heavy atom. The third kappa shape index (κ3) is 3.79. The van der Waals surface area contributed by atoms with E-state index in [0.717, 1.165) is 16.5 Å². The van der Waals surface area contributed by atoms with E-state index in [2.05, 4.69) is 16.9 Å². The van der Waals surface area contributed by atoms with Crippen molar-refractivity contribution in [2.75, 3.05) is 6.61 Å². The lowest BCUT2D eigenvalue weighted by molar-refractivity contribution is -0.138. The van der Waals surface area contributed by atoms with Gasteiger partial charge in [-0.05, 0) is 13.0 Å². The van der Waals surface area contributed by atoms with Gasteiger partial charge in [0.2, 0.25) is 0 Å². The first-order chi connectivity index (χ1) is 10.5. The second-order valence-corrected chi connectivity index (χ2v) is 5.29. The third-order valence-electron chi connectivity index (χ3n) is 3.25. The molecule has 5 nitrogen and oxygen atoms in total. The fourth-order valence-corrected chi connectivity index (χ4v) is 2.64. The fourth-order valence-electron chi connectivity index (χ4n) is 2.37. The highest BCUT2D eigenvalue weighted by atomic mass is 35.5. The minimum Gasteiger partial charge on any atom is -0.481 e. The first-order valence-electron chi connectivity index (χ1n) is 6.84. The molecule has 0 aliphatic carbocycles. The number of benzene rings is 1. The highest BCUT2D eigenvalue weighted by Crippen LogP contribution is 2.25. The van der Waals surface area contributed by atoms with Crippen molar-refractivity contribution < 1.29 is 14.6 Å². The molecule has 22 heavy (non-hydrogen) atoms.